The number of nitrogens with one attached hydrogen (secondary N) is 2. The summed E-state index contributed by atoms with van der Waals surface area (Å²) in [6, 6.07) is 21.8. The highest BCUT2D eigenvalue weighted by Crippen LogP contribution is 2.47. The largest absolute Gasteiger partial charge is 0.573 e. The fourth-order valence-corrected chi connectivity index (χ4v) is 10.7. The van der Waals surface area contributed by atoms with Gasteiger partial charge in [0.25, 0.3) is 11.8 Å². The maximum atomic E-state index is 13.8. The predicted molar refractivity (Wildman–Crippen MR) is 282 cm³/mol. The van der Waals surface area contributed by atoms with Crippen LogP contribution in [0.4, 0.5) is 78.8 Å². The summed E-state index contributed by atoms with van der Waals surface area (Å²) in [7, 11) is 3.04. The normalized spacial score (nSPS) is 17.6. The zero-order valence-corrected chi connectivity index (χ0v) is 44.4. The van der Waals surface area contributed by atoms with Crippen molar-refractivity contribution < 1.29 is 62.9 Å². The van der Waals surface area contributed by atoms with Crippen LogP contribution in [-0.2, 0) is 12.8 Å². The van der Waals surface area contributed by atoms with Gasteiger partial charge in [-0.15, -0.1) is 26.3 Å². The Morgan fingerprint density at radius 2 is 0.915 bits per heavy atom. The third-order valence-electron chi connectivity index (χ3n) is 13.9. The van der Waals surface area contributed by atoms with E-state index < -0.39 is 50.7 Å². The van der Waals surface area contributed by atoms with Gasteiger partial charge in [0, 0.05) is 58.9 Å². The van der Waals surface area contributed by atoms with Crippen LogP contribution < -0.4 is 39.4 Å². The standard InChI is InChI=1S/2C27H22ClF5N6O2/c2*1-40-21-10-16(4-9-20(21)38-11-22(28)34-14-38)35-25-36-23-18(15-2-5-17(6-3-15)41-27(31,32)33)7-8-19(23)24(37-25)39-12-26(29,30)13-39/h2*2-6,9-11,14,18H,7-8,12-13H2,1H3,(H,35,36,37)/t2*18-/m10/s1. The summed E-state index contributed by atoms with van der Waals surface area (Å²) in [6.45, 7) is -1.83. The van der Waals surface area contributed by atoms with Gasteiger partial charge in [0.1, 0.15) is 57.6 Å². The molecule has 0 unspecified atom stereocenters. The van der Waals surface area contributed by atoms with Gasteiger partial charge in [-0.25, -0.2) is 37.5 Å². The van der Waals surface area contributed by atoms with Crippen molar-refractivity contribution in [3.8, 4) is 34.4 Å². The number of fused-ring (bicyclic) bond motifs is 2. The fourth-order valence-electron chi connectivity index (χ4n) is 10.4. The predicted octanol–water partition coefficient (Wildman–Crippen LogP) is 13.0. The lowest BCUT2D eigenvalue weighted by atomic mass is 9.96. The third kappa shape index (κ3) is 12.2. The van der Waals surface area contributed by atoms with E-state index in [1.807, 2.05) is 0 Å². The molecule has 8 aromatic rings. The number of aromatic nitrogens is 8. The molecule has 6 heterocycles. The van der Waals surface area contributed by atoms with Gasteiger partial charge in [-0.1, -0.05) is 47.5 Å². The van der Waals surface area contributed by atoms with E-state index in [1.165, 1.54) is 48.3 Å². The zero-order chi connectivity index (χ0) is 57.9. The number of imidazole rings is 2. The van der Waals surface area contributed by atoms with Crippen LogP contribution in [0.25, 0.3) is 11.4 Å². The van der Waals surface area contributed by atoms with E-state index in [9.17, 15) is 43.9 Å². The highest BCUT2D eigenvalue weighted by Gasteiger charge is 2.48. The number of hydrogen-bond acceptors (Lipinski definition) is 14. The molecule has 0 bridgehead atoms. The number of nitrogens with zero attached hydrogens (tertiary/aromatic N) is 10. The Hall–Kier alpha value is -8.26. The van der Waals surface area contributed by atoms with Crippen LogP contribution in [-0.4, -0.2) is 104 Å². The quantitative estimate of drug-likeness (QED) is 0.0992. The molecule has 0 amide bonds. The molecular formula is C54H44Cl2F10N12O4. The van der Waals surface area contributed by atoms with Crippen molar-refractivity contribution in [3.05, 3.63) is 154 Å². The topological polar surface area (TPSA) is 155 Å². The lowest BCUT2D eigenvalue weighted by Gasteiger charge is -2.40. The summed E-state index contributed by atoms with van der Waals surface area (Å²) in [6.07, 6.45) is -0.961. The van der Waals surface area contributed by atoms with Crippen LogP contribution in [0.2, 0.25) is 10.3 Å². The summed E-state index contributed by atoms with van der Waals surface area (Å²) in [4.78, 5) is 29.8. The highest BCUT2D eigenvalue weighted by molar-refractivity contribution is 6.29. The van der Waals surface area contributed by atoms with Crippen LogP contribution in [0.3, 0.4) is 0 Å². The van der Waals surface area contributed by atoms with E-state index in [4.69, 9.17) is 42.6 Å². The van der Waals surface area contributed by atoms with Crippen molar-refractivity contribution >= 4 is 58.1 Å². The SMILES string of the molecule is COc1cc(Nc2nc3c(c(N4CC(F)(F)C4)n2)CC[C@@H]3c2ccc(OC(F)(F)F)cc2)ccc1-n1cnc(Cl)c1.COc1cc(Nc2nc3c(c(N4CC(F)(F)C4)n2)CC[C@H]3c2ccc(OC(F)(F)F)cc2)ccc1-n1cnc(Cl)c1. The van der Waals surface area contributed by atoms with Crippen molar-refractivity contribution in [3.63, 3.8) is 0 Å². The maximum Gasteiger partial charge on any atom is 0.573 e. The Morgan fingerprint density at radius 3 is 1.23 bits per heavy atom. The highest BCUT2D eigenvalue weighted by atomic mass is 35.5. The average molecular weight is 1190 g/mol. The smallest absolute Gasteiger partial charge is 0.494 e. The summed E-state index contributed by atoms with van der Waals surface area (Å²) < 4.78 is 153. The minimum absolute atomic E-state index is 0.193. The van der Waals surface area contributed by atoms with E-state index in [0.717, 1.165) is 22.3 Å². The van der Waals surface area contributed by atoms with E-state index in [0.29, 0.717) is 93.3 Å². The first-order valence-corrected chi connectivity index (χ1v) is 25.8. The first-order chi connectivity index (χ1) is 39.0. The number of anilines is 6. The summed E-state index contributed by atoms with van der Waals surface area (Å²) in [5.41, 5.74) is 6.76. The molecule has 0 spiro atoms. The van der Waals surface area contributed by atoms with Gasteiger partial charge in [-0.3, -0.25) is 0 Å². The fraction of sp³-hybridized carbons (Fsp3) is 0.296. The Bertz CT molecular complexity index is 3410. The second-order valence-corrected chi connectivity index (χ2v) is 20.3. The number of methoxy groups -OCH3 is 2. The third-order valence-corrected chi connectivity index (χ3v) is 14.3. The molecule has 2 N–H and O–H groups in total. The first-order valence-electron chi connectivity index (χ1n) is 25.0. The Morgan fingerprint density at radius 1 is 0.537 bits per heavy atom. The van der Waals surface area contributed by atoms with E-state index in [1.54, 1.807) is 94.8 Å². The maximum absolute atomic E-state index is 13.8. The van der Waals surface area contributed by atoms with Crippen LogP contribution in [0.15, 0.2) is 110 Å². The molecule has 0 saturated carbocycles. The van der Waals surface area contributed by atoms with Crippen molar-refractivity contribution in [1.82, 2.24) is 39.0 Å². The van der Waals surface area contributed by atoms with Crippen molar-refractivity contribution in [2.24, 2.45) is 0 Å². The van der Waals surface area contributed by atoms with Crippen LogP contribution in [0, 0.1) is 0 Å². The number of halogens is 12. The van der Waals surface area contributed by atoms with Gasteiger partial charge in [-0.05, 0) is 85.3 Å². The molecule has 2 fully saturated rings. The molecule has 4 aromatic carbocycles. The second-order valence-electron chi connectivity index (χ2n) is 19.5. The van der Waals surface area contributed by atoms with Crippen LogP contribution >= 0.6 is 23.2 Å². The molecule has 4 aliphatic rings. The number of ether oxygens (including phenoxy) is 4. The minimum Gasteiger partial charge on any atom is -0.494 e. The number of benzene rings is 4. The molecule has 2 atom stereocenters. The van der Waals surface area contributed by atoms with Gasteiger partial charge < -0.3 is 48.5 Å². The molecule has 28 heteroatoms. The molecule has 428 valence electrons. The second kappa shape index (κ2) is 21.6. The molecule has 2 saturated heterocycles. The summed E-state index contributed by atoms with van der Waals surface area (Å²) >= 11 is 11.9. The van der Waals surface area contributed by atoms with Crippen LogP contribution in [0.1, 0.15) is 58.3 Å². The molecule has 0 radical (unpaired) electrons. The van der Waals surface area contributed by atoms with E-state index in [-0.39, 0.29) is 35.2 Å². The lowest BCUT2D eigenvalue weighted by molar-refractivity contribution is -0.275. The number of rotatable bonds is 14. The summed E-state index contributed by atoms with van der Waals surface area (Å²) in [5, 5.41) is 6.94. The molecule has 82 heavy (non-hydrogen) atoms. The minimum atomic E-state index is -4.80. The molecule has 12 rings (SSSR count). The van der Waals surface area contributed by atoms with E-state index >= 15 is 0 Å². The average Bonchev–Trinajstić information content (AvgIpc) is 2.83. The number of hydrogen-bond donors (Lipinski definition) is 2. The lowest BCUT2D eigenvalue weighted by Crippen LogP contribution is -2.57. The molecule has 4 aromatic heterocycles. The van der Waals surface area contributed by atoms with Gasteiger partial charge in [0.05, 0.1) is 63.2 Å². The monoisotopic (exact) mass is 1180 g/mol. The van der Waals surface area contributed by atoms with Crippen molar-refractivity contribution in [1.29, 1.82) is 0 Å². The Labute approximate surface area is 469 Å². The van der Waals surface area contributed by atoms with Crippen molar-refractivity contribution in [2.45, 2.75) is 62.1 Å². The van der Waals surface area contributed by atoms with Crippen LogP contribution in [0.5, 0.6) is 23.0 Å². The molecule has 16 nitrogen and oxygen atoms in total. The van der Waals surface area contributed by atoms with Gasteiger partial charge in [0.15, 0.2) is 0 Å². The molecule has 2 aliphatic carbocycles. The van der Waals surface area contributed by atoms with Crippen molar-refractivity contribution in [2.75, 3.05) is 60.8 Å². The van der Waals surface area contributed by atoms with E-state index in [2.05, 4.69) is 40.0 Å². The molecule has 2 aliphatic heterocycles. The summed E-state index contributed by atoms with van der Waals surface area (Å²) in [5.74, 6) is -4.58. The molecular weight excluding hydrogens is 1140 g/mol. The van der Waals surface area contributed by atoms with Gasteiger partial charge in [-0.2, -0.15) is 9.97 Å². The van der Waals surface area contributed by atoms with Gasteiger partial charge in [0.2, 0.25) is 11.9 Å². The number of alkyl halides is 10. The first kappa shape index (κ1) is 55.6. The Kier molecular flexibility index (Phi) is 14.6. The van der Waals surface area contributed by atoms with Gasteiger partial charge >= 0.3 is 12.7 Å². The Balaban J connectivity index is 0.000000172. The zero-order valence-electron chi connectivity index (χ0n) is 42.8.